The van der Waals surface area contributed by atoms with Gasteiger partial charge in [-0.2, -0.15) is 0 Å². The normalized spacial score (nSPS) is 10.5. The van der Waals surface area contributed by atoms with E-state index in [4.69, 9.17) is 0 Å². The van der Waals surface area contributed by atoms with Crippen LogP contribution >= 0.6 is 15.9 Å². The second-order valence-corrected chi connectivity index (χ2v) is 6.53. The first-order valence-electron chi connectivity index (χ1n) is 7.44. The number of hydrogen-bond donors (Lipinski definition) is 2. The predicted octanol–water partition coefficient (Wildman–Crippen LogP) is 4.56. The zero-order chi connectivity index (χ0) is 17.7. The third-order valence-electron chi connectivity index (χ3n) is 3.39. The first kappa shape index (κ1) is 17.9. The minimum Gasteiger partial charge on any atom is -0.375 e. The maximum atomic E-state index is 11.6. The van der Waals surface area contributed by atoms with Crippen molar-refractivity contribution in [3.8, 4) is 0 Å². The molecule has 0 unspecified atom stereocenters. The third kappa shape index (κ3) is 4.79. The van der Waals surface area contributed by atoms with E-state index in [1.165, 1.54) is 6.07 Å². The van der Waals surface area contributed by atoms with E-state index in [2.05, 4.69) is 26.6 Å². The van der Waals surface area contributed by atoms with Gasteiger partial charge in [0, 0.05) is 28.7 Å². The molecule has 2 rings (SSSR count). The minimum atomic E-state index is -0.419. The van der Waals surface area contributed by atoms with E-state index in [-0.39, 0.29) is 17.5 Å². The average Bonchev–Trinajstić information content (AvgIpc) is 2.54. The number of benzene rings is 2. The summed E-state index contributed by atoms with van der Waals surface area (Å²) in [7, 11) is 0. The second kappa shape index (κ2) is 7.92. The SMILES string of the molecule is CC(C)C(=O)Nc1ccc(CNc2ccc(Br)cc2[N+](=O)[O-])cc1. The smallest absolute Gasteiger partial charge is 0.293 e. The second-order valence-electron chi connectivity index (χ2n) is 5.61. The average molecular weight is 392 g/mol. The molecule has 0 atom stereocenters. The Hall–Kier alpha value is -2.41. The highest BCUT2D eigenvalue weighted by atomic mass is 79.9. The van der Waals surface area contributed by atoms with Crippen molar-refractivity contribution in [1.29, 1.82) is 0 Å². The Bertz CT molecular complexity index is 745. The molecular formula is C17H18BrN3O3. The molecule has 0 saturated carbocycles. The summed E-state index contributed by atoms with van der Waals surface area (Å²) in [6.07, 6.45) is 0. The molecule has 0 aliphatic carbocycles. The molecule has 2 aromatic rings. The fraction of sp³-hybridized carbons (Fsp3) is 0.235. The summed E-state index contributed by atoms with van der Waals surface area (Å²) in [5.74, 6) is -0.115. The Balaban J connectivity index is 2.03. The minimum absolute atomic E-state index is 0.0187. The van der Waals surface area contributed by atoms with Crippen molar-refractivity contribution in [2.24, 2.45) is 5.92 Å². The van der Waals surface area contributed by atoms with Crippen LogP contribution in [0.5, 0.6) is 0 Å². The fourth-order valence-electron chi connectivity index (χ4n) is 2.00. The quantitative estimate of drug-likeness (QED) is 0.558. The van der Waals surface area contributed by atoms with Crippen LogP contribution in [0.2, 0.25) is 0 Å². The van der Waals surface area contributed by atoms with Crippen molar-refractivity contribution in [1.82, 2.24) is 0 Å². The van der Waals surface area contributed by atoms with Gasteiger partial charge in [-0.25, -0.2) is 0 Å². The van der Waals surface area contributed by atoms with Crippen molar-refractivity contribution >= 4 is 38.9 Å². The van der Waals surface area contributed by atoms with E-state index < -0.39 is 4.92 Å². The summed E-state index contributed by atoms with van der Waals surface area (Å²) in [6.45, 7) is 4.11. The zero-order valence-corrected chi connectivity index (χ0v) is 15.0. The summed E-state index contributed by atoms with van der Waals surface area (Å²) in [4.78, 5) is 22.3. The van der Waals surface area contributed by atoms with E-state index in [9.17, 15) is 14.9 Å². The van der Waals surface area contributed by atoms with Gasteiger partial charge in [0.25, 0.3) is 5.69 Å². The number of rotatable bonds is 6. The number of nitrogens with one attached hydrogen (secondary N) is 2. The predicted molar refractivity (Wildman–Crippen MR) is 98.0 cm³/mol. The van der Waals surface area contributed by atoms with Gasteiger partial charge in [0.2, 0.25) is 5.91 Å². The van der Waals surface area contributed by atoms with Gasteiger partial charge >= 0.3 is 0 Å². The van der Waals surface area contributed by atoms with Crippen LogP contribution in [0.4, 0.5) is 17.1 Å². The standard InChI is InChI=1S/C17H18BrN3O3/c1-11(2)17(22)20-14-6-3-12(4-7-14)10-19-15-8-5-13(18)9-16(15)21(23)24/h3-9,11,19H,10H2,1-2H3,(H,20,22). The molecule has 0 aromatic heterocycles. The lowest BCUT2D eigenvalue weighted by Crippen LogP contribution is -2.17. The Morgan fingerprint density at radius 2 is 1.88 bits per heavy atom. The summed E-state index contributed by atoms with van der Waals surface area (Å²) in [5, 5.41) is 17.0. The first-order chi connectivity index (χ1) is 11.4. The van der Waals surface area contributed by atoms with Gasteiger partial charge in [-0.05, 0) is 29.8 Å². The lowest BCUT2D eigenvalue weighted by molar-refractivity contribution is -0.384. The van der Waals surface area contributed by atoms with Crippen molar-refractivity contribution < 1.29 is 9.72 Å². The highest BCUT2D eigenvalue weighted by Crippen LogP contribution is 2.28. The lowest BCUT2D eigenvalue weighted by atomic mass is 10.1. The largest absolute Gasteiger partial charge is 0.375 e. The number of nitro groups is 1. The summed E-state index contributed by atoms with van der Waals surface area (Å²) in [6, 6.07) is 12.2. The highest BCUT2D eigenvalue weighted by molar-refractivity contribution is 9.10. The van der Waals surface area contributed by atoms with Gasteiger partial charge in [-0.1, -0.05) is 41.9 Å². The van der Waals surface area contributed by atoms with E-state index in [0.29, 0.717) is 16.7 Å². The van der Waals surface area contributed by atoms with Crippen LogP contribution in [0.3, 0.4) is 0 Å². The molecule has 24 heavy (non-hydrogen) atoms. The molecule has 0 fully saturated rings. The summed E-state index contributed by atoms with van der Waals surface area (Å²) >= 11 is 3.23. The van der Waals surface area contributed by atoms with Crippen LogP contribution in [0.15, 0.2) is 46.9 Å². The van der Waals surface area contributed by atoms with Crippen molar-refractivity contribution in [3.63, 3.8) is 0 Å². The molecule has 0 aliphatic heterocycles. The fourth-order valence-corrected chi connectivity index (χ4v) is 2.34. The maximum absolute atomic E-state index is 11.6. The van der Waals surface area contributed by atoms with E-state index in [0.717, 1.165) is 11.3 Å². The molecule has 0 heterocycles. The Labute approximate surface area is 148 Å². The van der Waals surface area contributed by atoms with E-state index in [1.54, 1.807) is 12.1 Å². The molecule has 1 amide bonds. The first-order valence-corrected chi connectivity index (χ1v) is 8.23. The number of carbonyl (C=O) groups is 1. The van der Waals surface area contributed by atoms with Gasteiger partial charge in [0.1, 0.15) is 5.69 Å². The highest BCUT2D eigenvalue weighted by Gasteiger charge is 2.13. The Morgan fingerprint density at radius 3 is 2.46 bits per heavy atom. The molecule has 2 aromatic carbocycles. The van der Waals surface area contributed by atoms with Crippen molar-refractivity contribution in [3.05, 3.63) is 62.6 Å². The zero-order valence-electron chi connectivity index (χ0n) is 13.4. The molecule has 2 N–H and O–H groups in total. The molecule has 6 nitrogen and oxygen atoms in total. The monoisotopic (exact) mass is 391 g/mol. The van der Waals surface area contributed by atoms with Crippen LogP contribution in [0.1, 0.15) is 19.4 Å². The van der Waals surface area contributed by atoms with Crippen LogP contribution < -0.4 is 10.6 Å². The van der Waals surface area contributed by atoms with Crippen LogP contribution in [0, 0.1) is 16.0 Å². The molecule has 0 spiro atoms. The number of amides is 1. The van der Waals surface area contributed by atoms with E-state index in [1.807, 2.05) is 38.1 Å². The van der Waals surface area contributed by atoms with Crippen LogP contribution in [-0.4, -0.2) is 10.8 Å². The maximum Gasteiger partial charge on any atom is 0.293 e. The topological polar surface area (TPSA) is 84.3 Å². The Morgan fingerprint density at radius 1 is 1.21 bits per heavy atom. The van der Waals surface area contributed by atoms with E-state index >= 15 is 0 Å². The molecule has 0 aliphatic rings. The third-order valence-corrected chi connectivity index (χ3v) is 3.88. The number of halogens is 1. The Kier molecular flexibility index (Phi) is 5.92. The molecule has 126 valence electrons. The summed E-state index contributed by atoms with van der Waals surface area (Å²) < 4.78 is 0.657. The lowest BCUT2D eigenvalue weighted by Gasteiger charge is -2.10. The van der Waals surface area contributed by atoms with Gasteiger partial charge in [0.15, 0.2) is 0 Å². The molecule has 7 heteroatoms. The summed E-state index contributed by atoms with van der Waals surface area (Å²) in [5.41, 5.74) is 2.16. The number of carbonyl (C=O) groups excluding carboxylic acids is 1. The molecule has 0 radical (unpaired) electrons. The molecule has 0 saturated heterocycles. The van der Waals surface area contributed by atoms with Crippen LogP contribution in [-0.2, 0) is 11.3 Å². The number of nitrogens with zero attached hydrogens (tertiary/aromatic N) is 1. The van der Waals surface area contributed by atoms with Crippen LogP contribution in [0.25, 0.3) is 0 Å². The van der Waals surface area contributed by atoms with Crippen molar-refractivity contribution in [2.45, 2.75) is 20.4 Å². The van der Waals surface area contributed by atoms with Gasteiger partial charge in [0.05, 0.1) is 4.92 Å². The number of nitro benzene ring substituents is 1. The van der Waals surface area contributed by atoms with Gasteiger partial charge < -0.3 is 10.6 Å². The van der Waals surface area contributed by atoms with Gasteiger partial charge in [-0.15, -0.1) is 0 Å². The van der Waals surface area contributed by atoms with Crippen molar-refractivity contribution in [2.75, 3.05) is 10.6 Å². The number of anilines is 2. The molecular weight excluding hydrogens is 374 g/mol. The number of hydrogen-bond acceptors (Lipinski definition) is 4. The molecule has 0 bridgehead atoms. The van der Waals surface area contributed by atoms with Gasteiger partial charge in [-0.3, -0.25) is 14.9 Å².